The molecule has 1 aromatic heterocycles. The quantitative estimate of drug-likeness (QED) is 0.775. The van der Waals surface area contributed by atoms with Crippen molar-refractivity contribution in [3.63, 3.8) is 0 Å². The summed E-state index contributed by atoms with van der Waals surface area (Å²) in [6.45, 7) is 1.69. The van der Waals surface area contributed by atoms with Crippen molar-refractivity contribution in [2.45, 2.75) is 50.8 Å². The molecule has 0 spiro atoms. The van der Waals surface area contributed by atoms with Gasteiger partial charge in [0.15, 0.2) is 0 Å². The molecule has 0 aromatic carbocycles. The summed E-state index contributed by atoms with van der Waals surface area (Å²) < 4.78 is 9.25. The van der Waals surface area contributed by atoms with E-state index >= 15 is 0 Å². The Morgan fingerprint density at radius 1 is 1.31 bits per heavy atom. The fraction of sp³-hybridized carbons (Fsp3) is 0.750. The Bertz CT molecular complexity index is 411. The van der Waals surface area contributed by atoms with Crippen LogP contribution in [0.1, 0.15) is 38.1 Å². The molecule has 1 saturated heterocycles. The minimum atomic E-state index is 0.153. The summed E-state index contributed by atoms with van der Waals surface area (Å²) in [7, 11) is 0. The molecule has 4 nitrogen and oxygen atoms in total. The van der Waals surface area contributed by atoms with Crippen molar-refractivity contribution in [1.82, 2.24) is 9.13 Å². The van der Waals surface area contributed by atoms with E-state index in [0.29, 0.717) is 12.1 Å². The molecule has 1 unspecified atom stereocenters. The van der Waals surface area contributed by atoms with Gasteiger partial charge in [-0.2, -0.15) is 0 Å². The Balaban J connectivity index is 1.63. The largest absolute Gasteiger partial charge is 0.378 e. The Kier molecular flexibility index (Phi) is 2.59. The van der Waals surface area contributed by atoms with Gasteiger partial charge < -0.3 is 4.74 Å². The summed E-state index contributed by atoms with van der Waals surface area (Å²) in [5.74, 6) is 0. The fourth-order valence-corrected chi connectivity index (χ4v) is 2.38. The molecule has 1 aliphatic heterocycles. The molecule has 88 valence electrons. The first kappa shape index (κ1) is 10.1. The summed E-state index contributed by atoms with van der Waals surface area (Å²) >= 11 is 0. The van der Waals surface area contributed by atoms with E-state index in [9.17, 15) is 4.79 Å². The van der Waals surface area contributed by atoms with Gasteiger partial charge in [0.05, 0.1) is 6.10 Å². The maximum atomic E-state index is 11.9. The zero-order valence-electron chi connectivity index (χ0n) is 9.47. The van der Waals surface area contributed by atoms with Gasteiger partial charge in [0.1, 0.15) is 0 Å². The van der Waals surface area contributed by atoms with Gasteiger partial charge >= 0.3 is 5.69 Å². The first-order valence-electron chi connectivity index (χ1n) is 6.23. The molecule has 2 heterocycles. The van der Waals surface area contributed by atoms with Crippen molar-refractivity contribution < 1.29 is 4.74 Å². The van der Waals surface area contributed by atoms with Crippen LogP contribution < -0.4 is 5.69 Å². The summed E-state index contributed by atoms with van der Waals surface area (Å²) in [5.41, 5.74) is 0.153. The van der Waals surface area contributed by atoms with Crippen molar-refractivity contribution in [2.75, 3.05) is 6.61 Å². The smallest absolute Gasteiger partial charge is 0.328 e. The Labute approximate surface area is 94.8 Å². The summed E-state index contributed by atoms with van der Waals surface area (Å²) in [5, 5.41) is 0. The summed E-state index contributed by atoms with van der Waals surface area (Å²) in [4.78, 5) is 11.9. The number of ether oxygens (including phenoxy) is 1. The number of aromatic nitrogens is 2. The minimum absolute atomic E-state index is 0.153. The minimum Gasteiger partial charge on any atom is -0.378 e. The fourth-order valence-electron chi connectivity index (χ4n) is 2.38. The Hall–Kier alpha value is -1.03. The van der Waals surface area contributed by atoms with Gasteiger partial charge in [-0.3, -0.25) is 9.13 Å². The second-order valence-electron chi connectivity index (χ2n) is 4.84. The van der Waals surface area contributed by atoms with Gasteiger partial charge in [0.25, 0.3) is 0 Å². The van der Waals surface area contributed by atoms with E-state index in [-0.39, 0.29) is 5.69 Å². The lowest BCUT2D eigenvalue weighted by atomic mass is 10.2. The number of nitrogens with zero attached hydrogens (tertiary/aromatic N) is 2. The van der Waals surface area contributed by atoms with E-state index in [1.54, 1.807) is 0 Å². The maximum Gasteiger partial charge on any atom is 0.328 e. The van der Waals surface area contributed by atoms with Crippen molar-refractivity contribution >= 4 is 0 Å². The average molecular weight is 222 g/mol. The van der Waals surface area contributed by atoms with Crippen LogP contribution in [0.5, 0.6) is 0 Å². The third kappa shape index (κ3) is 1.94. The van der Waals surface area contributed by atoms with Crippen LogP contribution >= 0.6 is 0 Å². The van der Waals surface area contributed by atoms with Crippen LogP contribution in [0.4, 0.5) is 0 Å². The zero-order valence-corrected chi connectivity index (χ0v) is 9.47. The van der Waals surface area contributed by atoms with E-state index in [2.05, 4.69) is 0 Å². The Morgan fingerprint density at radius 3 is 2.88 bits per heavy atom. The average Bonchev–Trinajstić information content (AvgIpc) is 2.87. The van der Waals surface area contributed by atoms with E-state index in [4.69, 9.17) is 4.74 Å². The highest BCUT2D eigenvalue weighted by Gasteiger charge is 2.25. The van der Waals surface area contributed by atoms with Gasteiger partial charge in [-0.1, -0.05) is 0 Å². The van der Waals surface area contributed by atoms with Crippen LogP contribution in [-0.2, 0) is 11.3 Å². The highest BCUT2D eigenvalue weighted by atomic mass is 16.5. The maximum absolute atomic E-state index is 11.9. The molecular formula is C12H18N2O2. The molecule has 2 fully saturated rings. The van der Waals surface area contributed by atoms with Gasteiger partial charge in [0.2, 0.25) is 0 Å². The van der Waals surface area contributed by atoms with Crippen LogP contribution in [0.2, 0.25) is 0 Å². The number of hydrogen-bond donors (Lipinski definition) is 0. The summed E-state index contributed by atoms with van der Waals surface area (Å²) in [6.07, 6.45) is 9.82. The lowest BCUT2D eigenvalue weighted by Gasteiger charge is -2.08. The molecule has 1 aliphatic carbocycles. The molecule has 1 aromatic rings. The predicted molar refractivity (Wildman–Crippen MR) is 60.6 cm³/mol. The normalized spacial score (nSPS) is 25.1. The van der Waals surface area contributed by atoms with E-state index < -0.39 is 0 Å². The number of imidazole rings is 1. The van der Waals surface area contributed by atoms with Crippen LogP contribution in [0, 0.1) is 0 Å². The molecular weight excluding hydrogens is 204 g/mol. The highest BCUT2D eigenvalue weighted by Crippen LogP contribution is 2.33. The van der Waals surface area contributed by atoms with Crippen molar-refractivity contribution in [2.24, 2.45) is 0 Å². The van der Waals surface area contributed by atoms with Crippen molar-refractivity contribution in [3.05, 3.63) is 22.9 Å². The van der Waals surface area contributed by atoms with E-state index in [0.717, 1.165) is 38.8 Å². The highest BCUT2D eigenvalue weighted by molar-refractivity contribution is 4.91. The summed E-state index contributed by atoms with van der Waals surface area (Å²) in [6, 6.07) is 0.483. The first-order chi connectivity index (χ1) is 7.84. The molecule has 0 radical (unpaired) electrons. The zero-order chi connectivity index (χ0) is 11.0. The predicted octanol–water partition coefficient (Wildman–Crippen LogP) is 1.55. The lowest BCUT2D eigenvalue weighted by molar-refractivity contribution is 0.100. The number of rotatable bonds is 4. The second-order valence-corrected chi connectivity index (χ2v) is 4.84. The molecule has 3 rings (SSSR count). The number of hydrogen-bond acceptors (Lipinski definition) is 2. The molecule has 0 N–H and O–H groups in total. The molecule has 1 atom stereocenters. The molecule has 2 aliphatic rings. The first-order valence-corrected chi connectivity index (χ1v) is 6.23. The molecule has 1 saturated carbocycles. The third-order valence-corrected chi connectivity index (χ3v) is 3.53. The van der Waals surface area contributed by atoms with Crippen molar-refractivity contribution in [3.8, 4) is 0 Å². The SMILES string of the molecule is O=c1n(CCC2CCCO2)ccn1C1CC1. The van der Waals surface area contributed by atoms with Crippen LogP contribution in [-0.4, -0.2) is 21.8 Å². The van der Waals surface area contributed by atoms with Gasteiger partial charge in [-0.05, 0) is 32.1 Å². The van der Waals surface area contributed by atoms with Gasteiger partial charge in [0, 0.05) is 31.6 Å². The van der Waals surface area contributed by atoms with Crippen LogP contribution in [0.15, 0.2) is 17.2 Å². The van der Waals surface area contributed by atoms with Crippen LogP contribution in [0.25, 0.3) is 0 Å². The molecule has 0 amide bonds. The standard InChI is InChI=1S/C12H18N2O2/c15-12-13(6-5-11-2-1-9-16-11)7-8-14(12)10-3-4-10/h7-8,10-11H,1-6,9H2. The third-order valence-electron chi connectivity index (χ3n) is 3.53. The van der Waals surface area contributed by atoms with E-state index in [1.165, 1.54) is 6.42 Å². The van der Waals surface area contributed by atoms with E-state index in [1.807, 2.05) is 21.5 Å². The van der Waals surface area contributed by atoms with Gasteiger partial charge in [-0.25, -0.2) is 4.79 Å². The Morgan fingerprint density at radius 2 is 2.19 bits per heavy atom. The lowest BCUT2D eigenvalue weighted by Crippen LogP contribution is -2.24. The molecule has 0 bridgehead atoms. The van der Waals surface area contributed by atoms with Gasteiger partial charge in [-0.15, -0.1) is 0 Å². The van der Waals surface area contributed by atoms with Crippen molar-refractivity contribution in [1.29, 1.82) is 0 Å². The molecule has 16 heavy (non-hydrogen) atoms. The number of aryl methyl sites for hydroxylation is 1. The van der Waals surface area contributed by atoms with Crippen LogP contribution in [0.3, 0.4) is 0 Å². The second kappa shape index (κ2) is 4.09. The topological polar surface area (TPSA) is 36.2 Å². The molecule has 4 heteroatoms. The monoisotopic (exact) mass is 222 g/mol.